The third-order valence-electron chi connectivity index (χ3n) is 6.45. The molecule has 3 nitrogen and oxygen atoms in total. The van der Waals surface area contributed by atoms with E-state index in [-0.39, 0.29) is 11.9 Å². The summed E-state index contributed by atoms with van der Waals surface area (Å²) < 4.78 is 4.96. The maximum Gasteiger partial charge on any atom is 0.313 e. The summed E-state index contributed by atoms with van der Waals surface area (Å²) in [6, 6.07) is 0. The van der Waals surface area contributed by atoms with Crippen LogP contribution in [0, 0.1) is 0 Å². The number of unbranched alkanes of at least 4 members (excludes halogenated alkanes) is 21. The minimum atomic E-state index is -0.329. The summed E-state index contributed by atoms with van der Waals surface area (Å²) in [5, 5.41) is 0. The van der Waals surface area contributed by atoms with Gasteiger partial charge in [-0.05, 0) is 12.8 Å². The van der Waals surface area contributed by atoms with Crippen LogP contribution in [-0.2, 0) is 14.3 Å². The summed E-state index contributed by atoms with van der Waals surface area (Å²) in [5.74, 6) is -0.657. The quantitative estimate of drug-likeness (QED) is 0.0786. The van der Waals surface area contributed by atoms with E-state index in [9.17, 15) is 9.59 Å². The van der Waals surface area contributed by atoms with Crippen molar-refractivity contribution in [1.82, 2.24) is 0 Å². The summed E-state index contributed by atoms with van der Waals surface area (Å²) >= 11 is 0. The van der Waals surface area contributed by atoms with Gasteiger partial charge >= 0.3 is 11.9 Å². The number of carbonyl (C=O) groups excluding carboxylic acids is 2. The molecule has 0 radical (unpaired) electrons. The van der Waals surface area contributed by atoms with Crippen molar-refractivity contribution in [3.63, 3.8) is 0 Å². The summed E-state index contributed by atoms with van der Waals surface area (Å²) in [6.07, 6.45) is 29.9. The van der Waals surface area contributed by atoms with Crippen molar-refractivity contribution < 1.29 is 14.3 Å². The molecule has 0 aromatic carbocycles. The van der Waals surface area contributed by atoms with Crippen LogP contribution in [0.25, 0.3) is 0 Å². The molecule has 0 spiro atoms. The number of hydrogen-bond acceptors (Lipinski definition) is 3. The molecule has 190 valence electrons. The predicted molar refractivity (Wildman–Crippen MR) is 138 cm³/mol. The van der Waals surface area contributed by atoms with Crippen molar-refractivity contribution in [3.8, 4) is 0 Å². The molecule has 0 aromatic heterocycles. The zero-order valence-corrected chi connectivity index (χ0v) is 21.9. The Bertz CT molecular complexity index is 405. The van der Waals surface area contributed by atoms with Gasteiger partial charge < -0.3 is 4.74 Å². The average Bonchev–Trinajstić information content (AvgIpc) is 2.78. The highest BCUT2D eigenvalue weighted by Gasteiger charge is 2.09. The fraction of sp³-hybridized carbons (Fsp3) is 0.931. The number of ether oxygens (including phenoxy) is 1. The van der Waals surface area contributed by atoms with Crippen LogP contribution < -0.4 is 0 Å². The van der Waals surface area contributed by atoms with Crippen LogP contribution in [0.4, 0.5) is 0 Å². The minimum Gasteiger partial charge on any atom is -0.393 e. The maximum atomic E-state index is 11.8. The normalized spacial score (nSPS) is 11.1. The molecule has 0 saturated carbocycles. The Balaban J connectivity index is 3.30. The van der Waals surface area contributed by atoms with E-state index in [1.807, 2.05) is 0 Å². The van der Waals surface area contributed by atoms with Gasteiger partial charge in [-0.2, -0.15) is 0 Å². The zero-order chi connectivity index (χ0) is 23.5. The summed E-state index contributed by atoms with van der Waals surface area (Å²) in [4.78, 5) is 23.6. The molecule has 0 saturated heterocycles. The third kappa shape index (κ3) is 25.4. The van der Waals surface area contributed by atoms with Crippen LogP contribution in [-0.4, -0.2) is 11.9 Å². The monoisotopic (exact) mass is 452 g/mol. The van der Waals surface area contributed by atoms with Crippen LogP contribution in [0.15, 0.2) is 0 Å². The number of esters is 2. The standard InChI is InChI=1S/C29H56O3/c1-3-5-7-9-11-13-15-17-19-21-23-25-27-29(31)32-28(30)26-24-22-20-18-16-14-12-10-8-6-4-2/h3-27H2,1-2H3. The molecule has 0 unspecified atom stereocenters. The molecule has 3 heteroatoms. The van der Waals surface area contributed by atoms with Crippen LogP contribution in [0.2, 0.25) is 0 Å². The van der Waals surface area contributed by atoms with Gasteiger partial charge in [0.1, 0.15) is 0 Å². The highest BCUT2D eigenvalue weighted by Crippen LogP contribution is 2.14. The minimum absolute atomic E-state index is 0.329. The number of carbonyl (C=O) groups is 2. The van der Waals surface area contributed by atoms with E-state index in [1.54, 1.807) is 0 Å². The van der Waals surface area contributed by atoms with Crippen molar-refractivity contribution in [2.45, 2.75) is 174 Å². The molecule has 0 aromatic rings. The van der Waals surface area contributed by atoms with Gasteiger partial charge in [-0.3, -0.25) is 9.59 Å². The first-order valence-electron chi connectivity index (χ1n) is 14.4. The molecule has 0 heterocycles. The Morgan fingerprint density at radius 1 is 0.375 bits per heavy atom. The molecule has 0 atom stereocenters. The smallest absolute Gasteiger partial charge is 0.313 e. The fourth-order valence-corrected chi connectivity index (χ4v) is 4.27. The van der Waals surface area contributed by atoms with Gasteiger partial charge in [0.15, 0.2) is 0 Å². The highest BCUT2D eigenvalue weighted by atomic mass is 16.6. The van der Waals surface area contributed by atoms with Crippen molar-refractivity contribution in [3.05, 3.63) is 0 Å². The predicted octanol–water partition coefficient (Wildman–Crippen LogP) is 9.85. The van der Waals surface area contributed by atoms with Crippen molar-refractivity contribution in [2.75, 3.05) is 0 Å². The Morgan fingerprint density at radius 3 is 0.844 bits per heavy atom. The van der Waals surface area contributed by atoms with Gasteiger partial charge in [-0.1, -0.05) is 149 Å². The maximum absolute atomic E-state index is 11.8. The second kappa shape index (κ2) is 26.4. The zero-order valence-electron chi connectivity index (χ0n) is 21.9. The van der Waals surface area contributed by atoms with Crippen molar-refractivity contribution in [2.24, 2.45) is 0 Å². The highest BCUT2D eigenvalue weighted by molar-refractivity contribution is 5.85. The second-order valence-electron chi connectivity index (χ2n) is 9.77. The van der Waals surface area contributed by atoms with Crippen LogP contribution in [0.3, 0.4) is 0 Å². The van der Waals surface area contributed by atoms with E-state index in [0.29, 0.717) is 12.8 Å². The molecule has 0 bridgehead atoms. The summed E-state index contributed by atoms with van der Waals surface area (Å²) in [5.41, 5.74) is 0. The Morgan fingerprint density at radius 2 is 0.594 bits per heavy atom. The summed E-state index contributed by atoms with van der Waals surface area (Å²) in [7, 11) is 0. The SMILES string of the molecule is CCCCCCCCCCCCCCC(=O)OC(=O)CCCCCCCCCCCCC. The fourth-order valence-electron chi connectivity index (χ4n) is 4.27. The Hall–Kier alpha value is -0.860. The molecular weight excluding hydrogens is 396 g/mol. The van der Waals surface area contributed by atoms with Gasteiger partial charge in [-0.15, -0.1) is 0 Å². The van der Waals surface area contributed by atoms with Gasteiger partial charge in [0.25, 0.3) is 0 Å². The molecule has 0 aliphatic carbocycles. The van der Waals surface area contributed by atoms with E-state index in [0.717, 1.165) is 25.7 Å². The second-order valence-corrected chi connectivity index (χ2v) is 9.77. The summed E-state index contributed by atoms with van der Waals surface area (Å²) in [6.45, 7) is 4.52. The lowest BCUT2D eigenvalue weighted by Gasteiger charge is -2.05. The van der Waals surface area contributed by atoms with E-state index in [2.05, 4.69) is 13.8 Å². The number of hydrogen-bond donors (Lipinski definition) is 0. The molecular formula is C29H56O3. The average molecular weight is 453 g/mol. The van der Waals surface area contributed by atoms with E-state index in [1.165, 1.54) is 122 Å². The molecule has 0 aliphatic rings. The Labute approximate surface area is 200 Å². The number of rotatable bonds is 25. The molecule has 0 aliphatic heterocycles. The van der Waals surface area contributed by atoms with E-state index < -0.39 is 0 Å². The topological polar surface area (TPSA) is 43.4 Å². The molecule has 0 N–H and O–H groups in total. The largest absolute Gasteiger partial charge is 0.393 e. The first-order valence-corrected chi connectivity index (χ1v) is 14.4. The van der Waals surface area contributed by atoms with Crippen molar-refractivity contribution in [1.29, 1.82) is 0 Å². The van der Waals surface area contributed by atoms with Gasteiger partial charge in [0.05, 0.1) is 0 Å². The lowest BCUT2D eigenvalue weighted by Crippen LogP contribution is -2.11. The first-order chi connectivity index (χ1) is 15.7. The van der Waals surface area contributed by atoms with E-state index >= 15 is 0 Å². The van der Waals surface area contributed by atoms with Crippen LogP contribution >= 0.6 is 0 Å². The van der Waals surface area contributed by atoms with Crippen LogP contribution in [0.5, 0.6) is 0 Å². The van der Waals surface area contributed by atoms with E-state index in [4.69, 9.17) is 4.74 Å². The van der Waals surface area contributed by atoms with Crippen LogP contribution in [0.1, 0.15) is 174 Å². The first kappa shape index (κ1) is 31.1. The molecule has 0 fully saturated rings. The van der Waals surface area contributed by atoms with Gasteiger partial charge in [0, 0.05) is 12.8 Å². The van der Waals surface area contributed by atoms with Gasteiger partial charge in [0.2, 0.25) is 0 Å². The lowest BCUT2D eigenvalue weighted by atomic mass is 10.0. The Kier molecular flexibility index (Phi) is 25.7. The van der Waals surface area contributed by atoms with Gasteiger partial charge in [-0.25, -0.2) is 0 Å². The van der Waals surface area contributed by atoms with Crippen molar-refractivity contribution >= 4 is 11.9 Å². The molecule has 0 amide bonds. The lowest BCUT2D eigenvalue weighted by molar-refractivity contribution is -0.159. The molecule has 32 heavy (non-hydrogen) atoms. The third-order valence-corrected chi connectivity index (χ3v) is 6.45. The molecule has 0 rings (SSSR count).